The molecule has 0 fully saturated rings. The number of nitrogens with zero attached hydrogens (tertiary/aromatic N) is 1. The molecule has 1 unspecified atom stereocenters. The van der Waals surface area contributed by atoms with E-state index in [2.05, 4.69) is 11.5 Å². The molecule has 0 amide bonds. The van der Waals surface area contributed by atoms with Crippen molar-refractivity contribution >= 4 is 5.69 Å². The van der Waals surface area contributed by atoms with Crippen LogP contribution in [-0.2, 0) is 0 Å². The van der Waals surface area contributed by atoms with Crippen LogP contribution in [0.3, 0.4) is 0 Å². The fourth-order valence-corrected chi connectivity index (χ4v) is 2.02. The summed E-state index contributed by atoms with van der Waals surface area (Å²) in [6.07, 6.45) is 0. The summed E-state index contributed by atoms with van der Waals surface area (Å²) in [4.78, 5) is 2.03. The van der Waals surface area contributed by atoms with Gasteiger partial charge in [-0.2, -0.15) is 0 Å². The quantitative estimate of drug-likeness (QED) is 0.654. The summed E-state index contributed by atoms with van der Waals surface area (Å²) in [6, 6.07) is 14.3. The molecular weight excluding hydrogens is 241 g/mol. The van der Waals surface area contributed by atoms with Gasteiger partial charge in [-0.3, -0.25) is 5.84 Å². The first-order valence-corrected chi connectivity index (χ1v) is 6.10. The van der Waals surface area contributed by atoms with E-state index in [-0.39, 0.29) is 11.9 Å². The maximum atomic E-state index is 13.0. The minimum atomic E-state index is -0.249. The minimum Gasteiger partial charge on any atom is -0.378 e. The third-order valence-corrected chi connectivity index (χ3v) is 3.09. The van der Waals surface area contributed by atoms with Gasteiger partial charge in [-0.15, -0.1) is 0 Å². The number of hydrogen-bond acceptors (Lipinski definition) is 3. The van der Waals surface area contributed by atoms with Crippen LogP contribution in [0, 0.1) is 5.82 Å². The third kappa shape index (κ3) is 3.10. The molecule has 3 nitrogen and oxygen atoms in total. The second-order valence-electron chi connectivity index (χ2n) is 4.64. The van der Waals surface area contributed by atoms with Crippen molar-refractivity contribution in [2.24, 2.45) is 5.84 Å². The molecule has 1 atom stereocenters. The lowest BCUT2D eigenvalue weighted by atomic mass is 9.99. The van der Waals surface area contributed by atoms with E-state index in [4.69, 9.17) is 5.84 Å². The predicted octanol–water partition coefficient (Wildman–Crippen LogP) is 2.44. The topological polar surface area (TPSA) is 41.3 Å². The van der Waals surface area contributed by atoms with Gasteiger partial charge in [-0.25, -0.2) is 9.82 Å². The number of nitrogens with two attached hydrogens (primary N) is 1. The molecule has 0 heterocycles. The Bertz CT molecular complexity index is 537. The van der Waals surface area contributed by atoms with E-state index in [0.29, 0.717) is 0 Å². The molecule has 0 aliphatic heterocycles. The van der Waals surface area contributed by atoms with E-state index in [9.17, 15) is 4.39 Å². The second kappa shape index (κ2) is 5.82. The van der Waals surface area contributed by atoms with Crippen molar-refractivity contribution in [2.75, 3.05) is 19.0 Å². The Morgan fingerprint density at radius 3 is 2.32 bits per heavy atom. The summed E-state index contributed by atoms with van der Waals surface area (Å²) >= 11 is 0. The van der Waals surface area contributed by atoms with Crippen LogP contribution in [0.1, 0.15) is 17.2 Å². The van der Waals surface area contributed by atoms with Crippen LogP contribution in [0.5, 0.6) is 0 Å². The zero-order chi connectivity index (χ0) is 13.8. The first-order valence-electron chi connectivity index (χ1n) is 6.10. The van der Waals surface area contributed by atoms with E-state index in [0.717, 1.165) is 16.8 Å². The Kier molecular flexibility index (Phi) is 4.14. The first-order chi connectivity index (χ1) is 9.11. The maximum absolute atomic E-state index is 13.0. The van der Waals surface area contributed by atoms with E-state index >= 15 is 0 Å². The molecule has 19 heavy (non-hydrogen) atoms. The van der Waals surface area contributed by atoms with Crippen molar-refractivity contribution in [3.05, 3.63) is 65.5 Å². The van der Waals surface area contributed by atoms with Gasteiger partial charge in [-0.1, -0.05) is 24.3 Å². The zero-order valence-electron chi connectivity index (χ0n) is 11.1. The Hall–Kier alpha value is -1.91. The molecule has 0 aliphatic carbocycles. The lowest BCUT2D eigenvalue weighted by molar-refractivity contribution is 0.615. The van der Waals surface area contributed by atoms with Gasteiger partial charge in [0, 0.05) is 19.8 Å². The molecule has 3 N–H and O–H groups in total. The van der Waals surface area contributed by atoms with Crippen molar-refractivity contribution < 1.29 is 4.39 Å². The molecule has 2 rings (SSSR count). The van der Waals surface area contributed by atoms with Crippen LogP contribution >= 0.6 is 0 Å². The Balaban J connectivity index is 2.36. The first kappa shape index (κ1) is 13.5. The lowest BCUT2D eigenvalue weighted by Gasteiger charge is -2.20. The Morgan fingerprint density at radius 1 is 1.05 bits per heavy atom. The van der Waals surface area contributed by atoms with E-state index < -0.39 is 0 Å². The number of hydrogen-bond donors (Lipinski definition) is 2. The molecule has 100 valence electrons. The van der Waals surface area contributed by atoms with Crippen LogP contribution in [0.2, 0.25) is 0 Å². The van der Waals surface area contributed by atoms with Crippen molar-refractivity contribution in [3.8, 4) is 0 Å². The number of benzene rings is 2. The highest BCUT2D eigenvalue weighted by Crippen LogP contribution is 2.24. The number of nitrogens with one attached hydrogen (secondary N) is 1. The molecule has 0 radical (unpaired) electrons. The van der Waals surface area contributed by atoms with Gasteiger partial charge in [0.15, 0.2) is 0 Å². The van der Waals surface area contributed by atoms with Gasteiger partial charge >= 0.3 is 0 Å². The van der Waals surface area contributed by atoms with Crippen LogP contribution in [-0.4, -0.2) is 14.1 Å². The normalized spacial score (nSPS) is 12.2. The van der Waals surface area contributed by atoms with Gasteiger partial charge in [-0.05, 0) is 35.4 Å². The molecule has 4 heteroatoms. The fraction of sp³-hybridized carbons (Fsp3) is 0.200. The number of rotatable bonds is 4. The Labute approximate surface area is 112 Å². The van der Waals surface area contributed by atoms with Crippen LogP contribution in [0.25, 0.3) is 0 Å². The van der Waals surface area contributed by atoms with Crippen molar-refractivity contribution in [1.29, 1.82) is 0 Å². The van der Waals surface area contributed by atoms with Crippen molar-refractivity contribution in [3.63, 3.8) is 0 Å². The molecule has 0 aliphatic rings. The highest BCUT2D eigenvalue weighted by molar-refractivity contribution is 5.49. The highest BCUT2D eigenvalue weighted by Gasteiger charge is 2.13. The van der Waals surface area contributed by atoms with E-state index in [1.165, 1.54) is 12.1 Å². The summed E-state index contributed by atoms with van der Waals surface area (Å²) in [6.45, 7) is 0. The molecule has 2 aromatic rings. The largest absolute Gasteiger partial charge is 0.378 e. The van der Waals surface area contributed by atoms with E-state index in [1.54, 1.807) is 12.1 Å². The molecule has 2 aromatic carbocycles. The molecule has 0 saturated carbocycles. The Morgan fingerprint density at radius 2 is 1.74 bits per heavy atom. The fourth-order valence-electron chi connectivity index (χ4n) is 2.02. The molecule has 0 aromatic heterocycles. The van der Waals surface area contributed by atoms with E-state index in [1.807, 2.05) is 37.2 Å². The predicted molar refractivity (Wildman–Crippen MR) is 76.3 cm³/mol. The molecule has 0 bridgehead atoms. The number of halogens is 1. The molecular formula is C15H18FN3. The summed E-state index contributed by atoms with van der Waals surface area (Å²) in [5.74, 6) is 5.40. The SMILES string of the molecule is CN(C)c1cccc(C(NN)c2ccc(F)cc2)c1. The molecule has 0 saturated heterocycles. The van der Waals surface area contributed by atoms with Gasteiger partial charge in [0.25, 0.3) is 0 Å². The van der Waals surface area contributed by atoms with Gasteiger partial charge in [0.1, 0.15) is 5.82 Å². The van der Waals surface area contributed by atoms with Crippen LogP contribution in [0.4, 0.5) is 10.1 Å². The number of hydrazine groups is 1. The van der Waals surface area contributed by atoms with Crippen LogP contribution in [0.15, 0.2) is 48.5 Å². The summed E-state index contributed by atoms with van der Waals surface area (Å²) in [5.41, 5.74) is 5.85. The van der Waals surface area contributed by atoms with Gasteiger partial charge in [0.2, 0.25) is 0 Å². The second-order valence-corrected chi connectivity index (χ2v) is 4.64. The minimum absolute atomic E-state index is 0.152. The standard InChI is InChI=1S/C15H18FN3/c1-19(2)14-5-3-4-12(10-14)15(18-17)11-6-8-13(16)9-7-11/h3-10,15,18H,17H2,1-2H3. The zero-order valence-corrected chi connectivity index (χ0v) is 11.1. The highest BCUT2D eigenvalue weighted by atomic mass is 19.1. The monoisotopic (exact) mass is 259 g/mol. The van der Waals surface area contributed by atoms with Crippen molar-refractivity contribution in [2.45, 2.75) is 6.04 Å². The lowest BCUT2D eigenvalue weighted by Crippen LogP contribution is -2.29. The summed E-state index contributed by atoms with van der Waals surface area (Å²) < 4.78 is 13.0. The average Bonchev–Trinajstić information content (AvgIpc) is 2.42. The van der Waals surface area contributed by atoms with Crippen LogP contribution < -0.4 is 16.2 Å². The third-order valence-electron chi connectivity index (χ3n) is 3.09. The smallest absolute Gasteiger partial charge is 0.123 e. The number of anilines is 1. The summed E-state index contributed by atoms with van der Waals surface area (Å²) in [7, 11) is 3.98. The maximum Gasteiger partial charge on any atom is 0.123 e. The van der Waals surface area contributed by atoms with Gasteiger partial charge in [0.05, 0.1) is 6.04 Å². The summed E-state index contributed by atoms with van der Waals surface area (Å²) in [5, 5.41) is 0. The van der Waals surface area contributed by atoms with Crippen molar-refractivity contribution in [1.82, 2.24) is 5.43 Å². The molecule has 0 spiro atoms. The van der Waals surface area contributed by atoms with Gasteiger partial charge < -0.3 is 4.90 Å². The average molecular weight is 259 g/mol.